The Kier molecular flexibility index (Phi) is 6.24. The molecule has 1 fully saturated rings. The van der Waals surface area contributed by atoms with Crippen LogP contribution >= 0.6 is 15.9 Å². The van der Waals surface area contributed by atoms with Gasteiger partial charge in [-0.3, -0.25) is 9.59 Å². The average molecular weight is 447 g/mol. The van der Waals surface area contributed by atoms with Crippen LogP contribution in [-0.4, -0.2) is 42.0 Å². The van der Waals surface area contributed by atoms with Crippen LogP contribution < -0.4 is 10.1 Å². The number of hydrogen-bond donors (Lipinski definition) is 2. The molecule has 0 radical (unpaired) electrons. The standard InChI is InChI=1S/C21H23BrN2O4/c1-13-11-15(19(25)16(22)12-13)21(27)24-9-7-14(8-10-24)20(26)23-17-5-3-4-6-18(17)28-2/h3-6,11-12,14,25H,7-10H2,1-2H3,(H,23,26). The molecule has 2 aromatic carbocycles. The lowest BCUT2D eigenvalue weighted by Crippen LogP contribution is -2.41. The van der Waals surface area contributed by atoms with Gasteiger partial charge in [0.1, 0.15) is 11.5 Å². The topological polar surface area (TPSA) is 78.9 Å². The van der Waals surface area contributed by atoms with E-state index in [0.29, 0.717) is 41.8 Å². The van der Waals surface area contributed by atoms with Crippen LogP contribution in [0.1, 0.15) is 28.8 Å². The van der Waals surface area contributed by atoms with Gasteiger partial charge in [0.15, 0.2) is 0 Å². The maximum atomic E-state index is 12.8. The predicted octanol–water partition coefficient (Wildman–Crippen LogP) is 3.96. The average Bonchev–Trinajstić information content (AvgIpc) is 2.70. The van der Waals surface area contributed by atoms with E-state index in [9.17, 15) is 14.7 Å². The zero-order chi connectivity index (χ0) is 20.3. The van der Waals surface area contributed by atoms with Crippen LogP contribution in [0.25, 0.3) is 0 Å². The number of methoxy groups -OCH3 is 1. The second-order valence-corrected chi connectivity index (χ2v) is 7.75. The molecule has 1 aliphatic rings. The number of likely N-dealkylation sites (tertiary alicyclic amines) is 1. The van der Waals surface area contributed by atoms with Crippen molar-refractivity contribution < 1.29 is 19.4 Å². The van der Waals surface area contributed by atoms with E-state index in [0.717, 1.165) is 5.56 Å². The quantitative estimate of drug-likeness (QED) is 0.744. The number of nitrogens with zero attached hydrogens (tertiary/aromatic N) is 1. The van der Waals surface area contributed by atoms with Gasteiger partial charge in [-0.25, -0.2) is 0 Å². The fourth-order valence-electron chi connectivity index (χ4n) is 3.40. The number of carbonyl (C=O) groups is 2. The van der Waals surface area contributed by atoms with E-state index in [-0.39, 0.29) is 29.0 Å². The molecule has 2 N–H and O–H groups in total. The van der Waals surface area contributed by atoms with Gasteiger partial charge in [-0.2, -0.15) is 0 Å². The molecule has 1 saturated heterocycles. The molecule has 0 unspecified atom stereocenters. The van der Waals surface area contributed by atoms with Crippen LogP contribution in [0, 0.1) is 12.8 Å². The van der Waals surface area contributed by atoms with Gasteiger partial charge in [0.05, 0.1) is 22.8 Å². The Labute approximate surface area is 172 Å². The van der Waals surface area contributed by atoms with Gasteiger partial charge < -0.3 is 20.1 Å². The molecule has 6 nitrogen and oxygen atoms in total. The van der Waals surface area contributed by atoms with Crippen molar-refractivity contribution in [1.29, 1.82) is 0 Å². The smallest absolute Gasteiger partial charge is 0.257 e. The van der Waals surface area contributed by atoms with Crippen molar-refractivity contribution in [3.63, 3.8) is 0 Å². The molecule has 0 spiro atoms. The number of piperidine rings is 1. The summed E-state index contributed by atoms with van der Waals surface area (Å²) in [6.07, 6.45) is 1.14. The van der Waals surface area contributed by atoms with E-state index in [1.807, 2.05) is 19.1 Å². The van der Waals surface area contributed by atoms with Crippen LogP contribution in [0.2, 0.25) is 0 Å². The monoisotopic (exact) mass is 446 g/mol. The van der Waals surface area contributed by atoms with Crippen molar-refractivity contribution in [2.45, 2.75) is 19.8 Å². The number of aryl methyl sites for hydroxylation is 1. The van der Waals surface area contributed by atoms with Crippen molar-refractivity contribution in [1.82, 2.24) is 4.90 Å². The highest BCUT2D eigenvalue weighted by atomic mass is 79.9. The Morgan fingerprint density at radius 1 is 1.21 bits per heavy atom. The minimum Gasteiger partial charge on any atom is -0.506 e. The molecule has 148 valence electrons. The summed E-state index contributed by atoms with van der Waals surface area (Å²) >= 11 is 3.28. The number of anilines is 1. The van der Waals surface area contributed by atoms with E-state index in [2.05, 4.69) is 21.2 Å². The molecule has 2 aromatic rings. The summed E-state index contributed by atoms with van der Waals surface area (Å²) in [7, 11) is 1.56. The number of hydrogen-bond acceptors (Lipinski definition) is 4. The third-order valence-electron chi connectivity index (χ3n) is 4.96. The number of para-hydroxylation sites is 2. The lowest BCUT2D eigenvalue weighted by atomic mass is 9.95. The fourth-order valence-corrected chi connectivity index (χ4v) is 3.97. The molecule has 0 bridgehead atoms. The Morgan fingerprint density at radius 2 is 1.89 bits per heavy atom. The summed E-state index contributed by atoms with van der Waals surface area (Å²) in [5, 5.41) is 13.1. The molecule has 1 aliphatic heterocycles. The minimum atomic E-state index is -0.217. The predicted molar refractivity (Wildman–Crippen MR) is 111 cm³/mol. The second kappa shape index (κ2) is 8.65. The highest BCUT2D eigenvalue weighted by molar-refractivity contribution is 9.10. The Balaban J connectivity index is 1.63. The third-order valence-corrected chi connectivity index (χ3v) is 5.56. The molecule has 0 aromatic heterocycles. The van der Waals surface area contributed by atoms with Crippen molar-refractivity contribution in [2.75, 3.05) is 25.5 Å². The maximum Gasteiger partial charge on any atom is 0.257 e. The molecule has 28 heavy (non-hydrogen) atoms. The zero-order valence-corrected chi connectivity index (χ0v) is 17.5. The lowest BCUT2D eigenvalue weighted by molar-refractivity contribution is -0.121. The zero-order valence-electron chi connectivity index (χ0n) is 15.9. The van der Waals surface area contributed by atoms with Crippen molar-refractivity contribution in [3.05, 3.63) is 52.0 Å². The molecular formula is C21H23BrN2O4. The summed E-state index contributed by atoms with van der Waals surface area (Å²) in [6.45, 7) is 2.80. The number of amides is 2. The van der Waals surface area contributed by atoms with Crippen molar-refractivity contribution >= 4 is 33.4 Å². The number of phenolic OH excluding ortho intramolecular Hbond substituents is 1. The summed E-state index contributed by atoms with van der Waals surface area (Å²) in [5.41, 5.74) is 1.81. The first-order valence-corrected chi connectivity index (χ1v) is 9.92. The first-order chi connectivity index (χ1) is 13.4. The second-order valence-electron chi connectivity index (χ2n) is 6.90. The van der Waals surface area contributed by atoms with E-state index in [1.54, 1.807) is 36.3 Å². The Hall–Kier alpha value is -2.54. The molecule has 0 saturated carbocycles. The van der Waals surface area contributed by atoms with E-state index < -0.39 is 0 Å². The first-order valence-electron chi connectivity index (χ1n) is 9.13. The largest absolute Gasteiger partial charge is 0.506 e. The molecule has 2 amide bonds. The highest BCUT2D eigenvalue weighted by Crippen LogP contribution is 2.31. The molecule has 1 heterocycles. The van der Waals surface area contributed by atoms with Gasteiger partial charge in [0.25, 0.3) is 5.91 Å². The van der Waals surface area contributed by atoms with E-state index in [4.69, 9.17) is 4.74 Å². The number of halogens is 1. The van der Waals surface area contributed by atoms with Crippen LogP contribution in [0.5, 0.6) is 11.5 Å². The van der Waals surface area contributed by atoms with Gasteiger partial charge >= 0.3 is 0 Å². The number of nitrogens with one attached hydrogen (secondary N) is 1. The van der Waals surface area contributed by atoms with Gasteiger partial charge in [-0.1, -0.05) is 12.1 Å². The third kappa shape index (κ3) is 4.30. The SMILES string of the molecule is COc1ccccc1NC(=O)C1CCN(C(=O)c2cc(C)cc(Br)c2O)CC1. The number of aromatic hydroxyl groups is 1. The van der Waals surface area contributed by atoms with E-state index >= 15 is 0 Å². The molecule has 3 rings (SSSR count). The van der Waals surface area contributed by atoms with Crippen LogP contribution in [0.4, 0.5) is 5.69 Å². The Morgan fingerprint density at radius 3 is 2.57 bits per heavy atom. The molecule has 7 heteroatoms. The highest BCUT2D eigenvalue weighted by Gasteiger charge is 2.29. The summed E-state index contributed by atoms with van der Waals surface area (Å²) in [4.78, 5) is 27.1. The number of rotatable bonds is 4. The molecular weight excluding hydrogens is 424 g/mol. The first kappa shape index (κ1) is 20.2. The van der Waals surface area contributed by atoms with Crippen LogP contribution in [0.15, 0.2) is 40.9 Å². The van der Waals surface area contributed by atoms with Gasteiger partial charge in [-0.05, 0) is 65.5 Å². The number of benzene rings is 2. The van der Waals surface area contributed by atoms with Crippen LogP contribution in [-0.2, 0) is 4.79 Å². The van der Waals surface area contributed by atoms with Crippen molar-refractivity contribution in [3.8, 4) is 11.5 Å². The minimum absolute atomic E-state index is 0.0494. The van der Waals surface area contributed by atoms with Gasteiger partial charge in [-0.15, -0.1) is 0 Å². The van der Waals surface area contributed by atoms with Crippen molar-refractivity contribution in [2.24, 2.45) is 5.92 Å². The van der Waals surface area contributed by atoms with Gasteiger partial charge in [0, 0.05) is 19.0 Å². The number of carbonyl (C=O) groups excluding carboxylic acids is 2. The fraction of sp³-hybridized carbons (Fsp3) is 0.333. The normalized spacial score (nSPS) is 14.6. The molecule has 0 atom stereocenters. The Bertz CT molecular complexity index is 892. The number of ether oxygens (including phenoxy) is 1. The number of phenols is 1. The summed E-state index contributed by atoms with van der Waals surface area (Å²) < 4.78 is 5.77. The summed E-state index contributed by atoms with van der Waals surface area (Å²) in [6, 6.07) is 10.7. The van der Waals surface area contributed by atoms with Gasteiger partial charge in [0.2, 0.25) is 5.91 Å². The van der Waals surface area contributed by atoms with E-state index in [1.165, 1.54) is 0 Å². The van der Waals surface area contributed by atoms with Crippen LogP contribution in [0.3, 0.4) is 0 Å². The molecule has 0 aliphatic carbocycles. The lowest BCUT2D eigenvalue weighted by Gasteiger charge is -2.31. The summed E-state index contributed by atoms with van der Waals surface area (Å²) in [5.74, 6) is 0.102. The maximum absolute atomic E-state index is 12.8.